The van der Waals surface area contributed by atoms with Gasteiger partial charge in [0, 0.05) is 23.5 Å². The smallest absolute Gasteiger partial charge is 0.338 e. The lowest BCUT2D eigenvalue weighted by Crippen LogP contribution is -2.35. The van der Waals surface area contributed by atoms with E-state index in [0.29, 0.717) is 6.42 Å². The lowest BCUT2D eigenvalue weighted by molar-refractivity contribution is 0.0689. The summed E-state index contributed by atoms with van der Waals surface area (Å²) in [6.45, 7) is 1.88. The first kappa shape index (κ1) is 14.2. The fourth-order valence-electron chi connectivity index (χ4n) is 1.83. The van der Waals surface area contributed by atoms with E-state index in [4.69, 9.17) is 5.11 Å². The van der Waals surface area contributed by atoms with Gasteiger partial charge < -0.3 is 10.4 Å². The van der Waals surface area contributed by atoms with E-state index >= 15 is 0 Å². The van der Waals surface area contributed by atoms with E-state index in [2.05, 4.69) is 10.3 Å². The Morgan fingerprint density at radius 3 is 2.85 bits per heavy atom. The number of hydrogen-bond donors (Lipinski definition) is 2. The number of amides is 1. The molecule has 5 nitrogen and oxygen atoms in total. The van der Waals surface area contributed by atoms with Gasteiger partial charge in [-0.2, -0.15) is 0 Å². The SMILES string of the molecule is CC(Cc1cccs1)NC(=O)c1ncccc1C(=O)O. The molecule has 0 aromatic carbocycles. The number of aromatic carboxylic acids is 1. The minimum Gasteiger partial charge on any atom is -0.478 e. The van der Waals surface area contributed by atoms with Gasteiger partial charge in [0.05, 0.1) is 5.56 Å². The summed E-state index contributed by atoms with van der Waals surface area (Å²) < 4.78 is 0. The molecule has 1 amide bonds. The van der Waals surface area contributed by atoms with Crippen LogP contribution >= 0.6 is 11.3 Å². The third-order valence-corrected chi connectivity index (χ3v) is 3.62. The van der Waals surface area contributed by atoms with Gasteiger partial charge in [0.1, 0.15) is 5.69 Å². The van der Waals surface area contributed by atoms with E-state index < -0.39 is 11.9 Å². The highest BCUT2D eigenvalue weighted by Gasteiger charge is 2.19. The summed E-state index contributed by atoms with van der Waals surface area (Å²) in [5.74, 6) is -1.62. The normalized spacial score (nSPS) is 11.8. The van der Waals surface area contributed by atoms with Gasteiger partial charge in [-0.1, -0.05) is 6.07 Å². The maximum Gasteiger partial charge on any atom is 0.338 e. The highest BCUT2D eigenvalue weighted by Crippen LogP contribution is 2.12. The molecule has 1 unspecified atom stereocenters. The van der Waals surface area contributed by atoms with Crippen LogP contribution in [0.5, 0.6) is 0 Å². The fraction of sp³-hybridized carbons (Fsp3) is 0.214. The lowest BCUT2D eigenvalue weighted by atomic mass is 10.1. The quantitative estimate of drug-likeness (QED) is 0.884. The van der Waals surface area contributed by atoms with Crippen molar-refractivity contribution in [1.82, 2.24) is 10.3 Å². The molecule has 1 atom stereocenters. The molecule has 104 valence electrons. The number of rotatable bonds is 5. The number of carbonyl (C=O) groups is 2. The summed E-state index contributed by atoms with van der Waals surface area (Å²) in [6, 6.07) is 6.72. The average Bonchev–Trinajstić information content (AvgIpc) is 2.91. The van der Waals surface area contributed by atoms with Crippen molar-refractivity contribution in [3.8, 4) is 0 Å². The van der Waals surface area contributed by atoms with E-state index in [-0.39, 0.29) is 17.3 Å². The number of thiophene rings is 1. The second-order valence-corrected chi connectivity index (χ2v) is 5.39. The second kappa shape index (κ2) is 6.29. The molecule has 0 spiro atoms. The van der Waals surface area contributed by atoms with Gasteiger partial charge in [-0.05, 0) is 30.5 Å². The maximum absolute atomic E-state index is 12.1. The van der Waals surface area contributed by atoms with Crippen LogP contribution in [-0.2, 0) is 6.42 Å². The predicted molar refractivity (Wildman–Crippen MR) is 76.1 cm³/mol. The molecule has 2 aromatic rings. The molecule has 2 N–H and O–H groups in total. The average molecular weight is 290 g/mol. The molecule has 0 fully saturated rings. The Morgan fingerprint density at radius 1 is 1.40 bits per heavy atom. The molecule has 0 aliphatic heterocycles. The predicted octanol–water partition coefficient (Wildman–Crippen LogP) is 2.20. The topological polar surface area (TPSA) is 79.3 Å². The Bertz CT molecular complexity index is 611. The highest BCUT2D eigenvalue weighted by atomic mass is 32.1. The summed E-state index contributed by atoms with van der Waals surface area (Å²) in [5, 5.41) is 13.8. The van der Waals surface area contributed by atoms with Crippen LogP contribution < -0.4 is 5.32 Å². The highest BCUT2D eigenvalue weighted by molar-refractivity contribution is 7.09. The van der Waals surface area contributed by atoms with Gasteiger partial charge in [-0.3, -0.25) is 9.78 Å². The Morgan fingerprint density at radius 2 is 2.20 bits per heavy atom. The zero-order chi connectivity index (χ0) is 14.5. The third-order valence-electron chi connectivity index (χ3n) is 2.72. The summed E-state index contributed by atoms with van der Waals surface area (Å²) >= 11 is 1.62. The Kier molecular flexibility index (Phi) is 4.47. The minimum absolute atomic E-state index is 0.0574. The molecule has 0 saturated carbocycles. The number of pyridine rings is 1. The first-order chi connectivity index (χ1) is 9.58. The Labute approximate surface area is 120 Å². The zero-order valence-electron chi connectivity index (χ0n) is 10.9. The summed E-state index contributed by atoms with van der Waals surface area (Å²) in [6.07, 6.45) is 2.12. The Balaban J connectivity index is 2.06. The first-order valence-electron chi connectivity index (χ1n) is 6.09. The van der Waals surface area contributed by atoms with Crippen LogP contribution in [0, 0.1) is 0 Å². The van der Waals surface area contributed by atoms with Crippen molar-refractivity contribution in [3.05, 3.63) is 52.0 Å². The monoisotopic (exact) mass is 290 g/mol. The number of carboxylic acids is 1. The first-order valence-corrected chi connectivity index (χ1v) is 6.97. The minimum atomic E-state index is -1.16. The van der Waals surface area contributed by atoms with Gasteiger partial charge in [0.25, 0.3) is 5.91 Å². The zero-order valence-corrected chi connectivity index (χ0v) is 11.7. The van der Waals surface area contributed by atoms with Crippen molar-refractivity contribution < 1.29 is 14.7 Å². The molecule has 0 aliphatic rings. The van der Waals surface area contributed by atoms with Crippen LogP contribution in [0.15, 0.2) is 35.8 Å². The van der Waals surface area contributed by atoms with E-state index in [1.807, 2.05) is 24.4 Å². The van der Waals surface area contributed by atoms with Crippen LogP contribution in [0.3, 0.4) is 0 Å². The van der Waals surface area contributed by atoms with Crippen molar-refractivity contribution in [2.45, 2.75) is 19.4 Å². The molecule has 0 radical (unpaired) electrons. The van der Waals surface area contributed by atoms with Crippen LogP contribution in [0.25, 0.3) is 0 Å². The molecule has 0 bridgehead atoms. The van der Waals surface area contributed by atoms with Gasteiger partial charge in [-0.25, -0.2) is 4.79 Å². The van der Waals surface area contributed by atoms with E-state index in [1.165, 1.54) is 18.3 Å². The summed E-state index contributed by atoms with van der Waals surface area (Å²) in [4.78, 5) is 28.1. The van der Waals surface area contributed by atoms with Gasteiger partial charge in [0.2, 0.25) is 0 Å². The van der Waals surface area contributed by atoms with Crippen molar-refractivity contribution in [2.24, 2.45) is 0 Å². The van der Waals surface area contributed by atoms with Crippen LogP contribution in [0.2, 0.25) is 0 Å². The van der Waals surface area contributed by atoms with E-state index in [1.54, 1.807) is 11.3 Å². The fourth-order valence-corrected chi connectivity index (χ4v) is 2.67. The molecule has 2 rings (SSSR count). The van der Waals surface area contributed by atoms with Crippen LogP contribution in [0.1, 0.15) is 32.6 Å². The molecule has 0 saturated heterocycles. The standard InChI is InChI=1S/C14H14N2O3S/c1-9(8-10-4-3-7-20-10)16-13(17)12-11(14(18)19)5-2-6-15-12/h2-7,9H,8H2,1H3,(H,16,17)(H,18,19). The second-order valence-electron chi connectivity index (χ2n) is 4.36. The van der Waals surface area contributed by atoms with Crippen molar-refractivity contribution >= 4 is 23.2 Å². The molecule has 6 heteroatoms. The molecule has 20 heavy (non-hydrogen) atoms. The van der Waals surface area contributed by atoms with Crippen molar-refractivity contribution in [3.63, 3.8) is 0 Å². The largest absolute Gasteiger partial charge is 0.478 e. The number of carbonyl (C=O) groups excluding carboxylic acids is 1. The van der Waals surface area contributed by atoms with Crippen molar-refractivity contribution in [1.29, 1.82) is 0 Å². The molecular formula is C14H14N2O3S. The van der Waals surface area contributed by atoms with Crippen LogP contribution in [0.4, 0.5) is 0 Å². The Hall–Kier alpha value is -2.21. The van der Waals surface area contributed by atoms with Gasteiger partial charge in [-0.15, -0.1) is 11.3 Å². The number of nitrogens with one attached hydrogen (secondary N) is 1. The lowest BCUT2D eigenvalue weighted by Gasteiger charge is -2.13. The summed E-state index contributed by atoms with van der Waals surface area (Å²) in [5.41, 5.74) is -0.147. The number of hydrogen-bond acceptors (Lipinski definition) is 4. The molecule has 2 aromatic heterocycles. The molecular weight excluding hydrogens is 276 g/mol. The number of nitrogens with zero attached hydrogens (tertiary/aromatic N) is 1. The van der Waals surface area contributed by atoms with E-state index in [0.717, 1.165) is 4.88 Å². The maximum atomic E-state index is 12.1. The number of aromatic nitrogens is 1. The van der Waals surface area contributed by atoms with E-state index in [9.17, 15) is 9.59 Å². The van der Waals surface area contributed by atoms with Crippen molar-refractivity contribution in [2.75, 3.05) is 0 Å². The van der Waals surface area contributed by atoms with Crippen LogP contribution in [-0.4, -0.2) is 28.0 Å². The van der Waals surface area contributed by atoms with Gasteiger partial charge >= 0.3 is 5.97 Å². The number of carboxylic acid groups (broad SMARTS) is 1. The molecule has 0 aliphatic carbocycles. The summed E-state index contributed by atoms with van der Waals surface area (Å²) in [7, 11) is 0. The van der Waals surface area contributed by atoms with Gasteiger partial charge in [0.15, 0.2) is 0 Å². The third kappa shape index (κ3) is 3.42. The molecule has 2 heterocycles.